The summed E-state index contributed by atoms with van der Waals surface area (Å²) >= 11 is 0. The van der Waals surface area contributed by atoms with Gasteiger partial charge in [0, 0.05) is 24.2 Å². The number of imide groups is 1. The highest BCUT2D eigenvalue weighted by atomic mass is 16.2. The number of carbonyl (C=O) groups excluding carboxylic acids is 3. The fourth-order valence-electron chi connectivity index (χ4n) is 3.88. The molecular weight excluding hydrogens is 384 g/mol. The van der Waals surface area contributed by atoms with Crippen LogP contribution in [0.5, 0.6) is 0 Å². The van der Waals surface area contributed by atoms with E-state index in [1.807, 2.05) is 19.1 Å². The summed E-state index contributed by atoms with van der Waals surface area (Å²) in [5, 5.41) is 14.1. The van der Waals surface area contributed by atoms with Crippen molar-refractivity contribution in [3.63, 3.8) is 0 Å². The van der Waals surface area contributed by atoms with Crippen molar-refractivity contribution in [3.05, 3.63) is 30.1 Å². The lowest BCUT2D eigenvalue weighted by Crippen LogP contribution is -2.44. The lowest BCUT2D eigenvalue weighted by molar-refractivity contribution is -0.133. The number of aryl methyl sites for hydroxylation is 1. The number of urea groups is 1. The molecule has 1 atom stereocenters. The van der Waals surface area contributed by atoms with Gasteiger partial charge in [-0.15, -0.1) is 10.2 Å². The van der Waals surface area contributed by atoms with Crippen molar-refractivity contribution < 1.29 is 14.4 Å². The van der Waals surface area contributed by atoms with E-state index in [2.05, 4.69) is 25.4 Å². The zero-order chi connectivity index (χ0) is 21.3. The van der Waals surface area contributed by atoms with Gasteiger partial charge in [0.15, 0.2) is 5.82 Å². The number of nitrogens with one attached hydrogen (secondary N) is 2. The second-order valence-corrected chi connectivity index (χ2v) is 8.03. The van der Waals surface area contributed by atoms with Gasteiger partial charge < -0.3 is 15.2 Å². The van der Waals surface area contributed by atoms with Crippen molar-refractivity contribution in [2.24, 2.45) is 0 Å². The Balaban J connectivity index is 1.42. The number of hydrogen-bond acceptors (Lipinski definition) is 5. The lowest BCUT2D eigenvalue weighted by atomic mass is 9.99. The largest absolute Gasteiger partial charge is 0.325 e. The van der Waals surface area contributed by atoms with E-state index >= 15 is 0 Å². The molecule has 0 unspecified atom stereocenters. The summed E-state index contributed by atoms with van der Waals surface area (Å²) in [7, 11) is 0. The fourth-order valence-corrected chi connectivity index (χ4v) is 3.88. The van der Waals surface area contributed by atoms with Crippen LogP contribution in [0.1, 0.15) is 45.4 Å². The monoisotopic (exact) mass is 410 g/mol. The van der Waals surface area contributed by atoms with Crippen LogP contribution in [-0.4, -0.2) is 49.6 Å². The molecule has 0 spiro atoms. The third kappa shape index (κ3) is 3.67. The molecule has 3 heterocycles. The van der Waals surface area contributed by atoms with Crippen LogP contribution >= 0.6 is 0 Å². The minimum absolute atomic E-state index is 0.320. The first-order valence-corrected chi connectivity index (χ1v) is 10.4. The smallest absolute Gasteiger partial charge is 0.325 e. The molecule has 2 aliphatic rings. The first-order valence-electron chi connectivity index (χ1n) is 10.4. The van der Waals surface area contributed by atoms with Gasteiger partial charge in [-0.25, -0.2) is 4.79 Å². The zero-order valence-electron chi connectivity index (χ0n) is 17.3. The maximum absolute atomic E-state index is 12.4. The minimum atomic E-state index is -0.949. The van der Waals surface area contributed by atoms with Crippen molar-refractivity contribution >= 4 is 23.5 Å². The highest BCUT2D eigenvalue weighted by Crippen LogP contribution is 2.24. The molecule has 1 aromatic carbocycles. The molecule has 0 saturated carbocycles. The van der Waals surface area contributed by atoms with Gasteiger partial charge >= 0.3 is 6.03 Å². The number of carbonyl (C=O) groups is 3. The summed E-state index contributed by atoms with van der Waals surface area (Å²) in [6.45, 7) is 4.07. The van der Waals surface area contributed by atoms with Gasteiger partial charge in [-0.1, -0.05) is 13.3 Å². The van der Waals surface area contributed by atoms with Gasteiger partial charge in [-0.05, 0) is 50.5 Å². The third-order valence-corrected chi connectivity index (χ3v) is 5.89. The van der Waals surface area contributed by atoms with Crippen molar-refractivity contribution in [2.75, 3.05) is 11.9 Å². The standard InChI is InChI=1S/C21H26N6O3/c1-3-21(2)19(29)27(20(30)23-21)13-17(28)22-15-10-8-14(9-11-15)18-25-24-16-7-5-4-6-12-26(16)18/h8-11H,3-7,12-13H2,1-2H3,(H,22,28)(H,23,30)/t21-/m1/s1. The van der Waals surface area contributed by atoms with Gasteiger partial charge in [-0.3, -0.25) is 14.5 Å². The van der Waals surface area contributed by atoms with Crippen LogP contribution in [0.2, 0.25) is 0 Å². The second kappa shape index (κ2) is 7.89. The van der Waals surface area contributed by atoms with Gasteiger partial charge in [-0.2, -0.15) is 0 Å². The summed E-state index contributed by atoms with van der Waals surface area (Å²) in [6, 6.07) is 6.81. The molecule has 0 aliphatic carbocycles. The predicted octanol–water partition coefficient (Wildman–Crippen LogP) is 2.33. The van der Waals surface area contributed by atoms with Crippen molar-refractivity contribution in [1.82, 2.24) is 25.0 Å². The number of nitrogens with zero attached hydrogens (tertiary/aromatic N) is 4. The molecule has 1 fully saturated rings. The number of amides is 4. The Morgan fingerprint density at radius 1 is 1.17 bits per heavy atom. The highest BCUT2D eigenvalue weighted by Gasteiger charge is 2.46. The van der Waals surface area contributed by atoms with Gasteiger partial charge in [0.25, 0.3) is 5.91 Å². The van der Waals surface area contributed by atoms with Crippen LogP contribution < -0.4 is 10.6 Å². The van der Waals surface area contributed by atoms with E-state index in [9.17, 15) is 14.4 Å². The fraction of sp³-hybridized carbons (Fsp3) is 0.476. The van der Waals surface area contributed by atoms with E-state index in [-0.39, 0.29) is 12.5 Å². The SMILES string of the molecule is CC[C@@]1(C)NC(=O)N(CC(=O)Nc2ccc(-c3nnc4n3CCCCC4)cc2)C1=O. The summed E-state index contributed by atoms with van der Waals surface area (Å²) in [6.07, 6.45) is 4.86. The number of benzene rings is 1. The van der Waals surface area contributed by atoms with Crippen molar-refractivity contribution in [1.29, 1.82) is 0 Å². The average Bonchev–Trinajstić information content (AvgIpc) is 3.11. The van der Waals surface area contributed by atoms with Crippen LogP contribution in [0, 0.1) is 0 Å². The number of hydrogen-bond donors (Lipinski definition) is 2. The van der Waals surface area contributed by atoms with Crippen molar-refractivity contribution in [2.45, 2.75) is 58.0 Å². The molecule has 2 aromatic rings. The highest BCUT2D eigenvalue weighted by molar-refractivity contribution is 6.09. The Hall–Kier alpha value is -3.23. The van der Waals surface area contributed by atoms with Crippen LogP contribution in [0.4, 0.5) is 10.5 Å². The quantitative estimate of drug-likeness (QED) is 0.736. The molecule has 2 N–H and O–H groups in total. The van der Waals surface area contributed by atoms with Gasteiger partial charge in [0.2, 0.25) is 5.91 Å². The zero-order valence-corrected chi connectivity index (χ0v) is 17.3. The Bertz CT molecular complexity index is 983. The van der Waals surface area contributed by atoms with Crippen LogP contribution in [0.15, 0.2) is 24.3 Å². The predicted molar refractivity (Wildman–Crippen MR) is 111 cm³/mol. The number of rotatable bonds is 5. The Morgan fingerprint density at radius 2 is 1.93 bits per heavy atom. The Morgan fingerprint density at radius 3 is 2.63 bits per heavy atom. The molecule has 9 heteroatoms. The van der Waals surface area contributed by atoms with E-state index in [0.29, 0.717) is 12.1 Å². The maximum Gasteiger partial charge on any atom is 0.325 e. The molecule has 0 bridgehead atoms. The third-order valence-electron chi connectivity index (χ3n) is 5.89. The first-order chi connectivity index (χ1) is 14.4. The average molecular weight is 410 g/mol. The number of fused-ring (bicyclic) bond motifs is 1. The van der Waals surface area contributed by atoms with Crippen LogP contribution in [0.25, 0.3) is 11.4 Å². The molecule has 158 valence electrons. The molecule has 1 aromatic heterocycles. The number of anilines is 1. The molecule has 4 rings (SSSR count). The van der Waals surface area contributed by atoms with E-state index in [1.165, 1.54) is 6.42 Å². The topological polar surface area (TPSA) is 109 Å². The molecule has 0 radical (unpaired) electrons. The van der Waals surface area contributed by atoms with E-state index in [1.54, 1.807) is 19.1 Å². The summed E-state index contributed by atoms with van der Waals surface area (Å²) in [5.41, 5.74) is 0.570. The first kappa shape index (κ1) is 20.1. The van der Waals surface area contributed by atoms with Gasteiger partial charge in [0.1, 0.15) is 17.9 Å². The summed E-state index contributed by atoms with van der Waals surface area (Å²) in [4.78, 5) is 37.8. The molecule has 2 aliphatic heterocycles. The van der Waals surface area contributed by atoms with E-state index in [4.69, 9.17) is 0 Å². The summed E-state index contributed by atoms with van der Waals surface area (Å²) in [5.74, 6) is 1.05. The summed E-state index contributed by atoms with van der Waals surface area (Å²) < 4.78 is 2.17. The molecular formula is C21H26N6O3. The molecule has 30 heavy (non-hydrogen) atoms. The van der Waals surface area contributed by atoms with E-state index in [0.717, 1.165) is 47.9 Å². The maximum atomic E-state index is 12.4. The molecule has 1 saturated heterocycles. The van der Waals surface area contributed by atoms with Crippen molar-refractivity contribution in [3.8, 4) is 11.4 Å². The molecule has 9 nitrogen and oxygen atoms in total. The Labute approximate surface area is 174 Å². The van der Waals surface area contributed by atoms with Gasteiger partial charge in [0.05, 0.1) is 0 Å². The molecule has 4 amide bonds. The number of aromatic nitrogens is 3. The lowest BCUT2D eigenvalue weighted by Gasteiger charge is -2.19. The van der Waals surface area contributed by atoms with Crippen LogP contribution in [-0.2, 0) is 22.6 Å². The second-order valence-electron chi connectivity index (χ2n) is 8.03. The Kier molecular flexibility index (Phi) is 5.27. The normalized spacial score (nSPS) is 21.2. The van der Waals surface area contributed by atoms with Crippen LogP contribution in [0.3, 0.4) is 0 Å². The van der Waals surface area contributed by atoms with E-state index < -0.39 is 17.5 Å². The minimum Gasteiger partial charge on any atom is -0.325 e.